The summed E-state index contributed by atoms with van der Waals surface area (Å²) < 4.78 is 0. The molecule has 2 aliphatic rings. The number of carboxylic acid groups (broad SMARTS) is 1. The SMILES string of the molecule is CC1CCCCC1Nc1nc2c(cc1C(=O)O)CCCC2. The van der Waals surface area contributed by atoms with E-state index in [4.69, 9.17) is 0 Å². The van der Waals surface area contributed by atoms with Crippen molar-refractivity contribution in [1.82, 2.24) is 4.98 Å². The maximum Gasteiger partial charge on any atom is 0.339 e. The standard InChI is InChI=1S/C17H24N2O2/c1-11-6-2-4-8-14(11)18-16-13(17(20)21)10-12-7-3-5-9-15(12)19-16/h10-11,14H,2-9H2,1H3,(H,18,19)(H,20,21). The molecule has 0 amide bonds. The van der Waals surface area contributed by atoms with Crippen LogP contribution in [0.2, 0.25) is 0 Å². The van der Waals surface area contributed by atoms with Gasteiger partial charge in [-0.1, -0.05) is 19.8 Å². The molecule has 3 rings (SSSR count). The van der Waals surface area contributed by atoms with E-state index in [1.165, 1.54) is 19.3 Å². The number of aryl methyl sites for hydroxylation is 2. The Morgan fingerprint density at radius 3 is 2.76 bits per heavy atom. The lowest BCUT2D eigenvalue weighted by Crippen LogP contribution is -2.31. The van der Waals surface area contributed by atoms with Gasteiger partial charge in [0.1, 0.15) is 11.4 Å². The molecule has 1 heterocycles. The van der Waals surface area contributed by atoms with Gasteiger partial charge in [0.15, 0.2) is 0 Å². The van der Waals surface area contributed by atoms with Crippen LogP contribution in [0.15, 0.2) is 6.07 Å². The third-order valence-corrected chi connectivity index (χ3v) is 4.96. The first-order valence-corrected chi connectivity index (χ1v) is 8.18. The number of pyridine rings is 1. The average Bonchev–Trinajstić information content (AvgIpc) is 2.48. The topological polar surface area (TPSA) is 62.2 Å². The number of anilines is 1. The molecule has 0 radical (unpaired) electrons. The Bertz CT molecular complexity index is 542. The number of carboxylic acids is 1. The number of rotatable bonds is 3. The van der Waals surface area contributed by atoms with E-state index in [1.807, 2.05) is 6.07 Å². The molecule has 1 aromatic heterocycles. The molecule has 0 saturated heterocycles. The van der Waals surface area contributed by atoms with Crippen LogP contribution >= 0.6 is 0 Å². The smallest absolute Gasteiger partial charge is 0.339 e. The molecule has 1 saturated carbocycles. The van der Waals surface area contributed by atoms with Crippen LogP contribution < -0.4 is 5.32 Å². The molecular weight excluding hydrogens is 264 g/mol. The van der Waals surface area contributed by atoms with Gasteiger partial charge >= 0.3 is 5.97 Å². The van der Waals surface area contributed by atoms with E-state index in [0.717, 1.165) is 43.4 Å². The molecule has 2 atom stereocenters. The first-order valence-electron chi connectivity index (χ1n) is 8.18. The maximum atomic E-state index is 11.6. The molecule has 4 heteroatoms. The molecule has 21 heavy (non-hydrogen) atoms. The number of aromatic nitrogens is 1. The molecule has 0 spiro atoms. The summed E-state index contributed by atoms with van der Waals surface area (Å²) in [6.45, 7) is 2.25. The minimum atomic E-state index is -0.873. The van der Waals surface area contributed by atoms with Gasteiger partial charge in [-0.15, -0.1) is 0 Å². The predicted octanol–water partition coefficient (Wildman–Crippen LogP) is 3.65. The molecule has 2 unspecified atom stereocenters. The number of hydrogen-bond acceptors (Lipinski definition) is 3. The highest BCUT2D eigenvalue weighted by Crippen LogP contribution is 2.29. The highest BCUT2D eigenvalue weighted by molar-refractivity contribution is 5.93. The van der Waals surface area contributed by atoms with E-state index < -0.39 is 5.97 Å². The lowest BCUT2D eigenvalue weighted by Gasteiger charge is -2.31. The van der Waals surface area contributed by atoms with E-state index in [0.29, 0.717) is 23.3 Å². The van der Waals surface area contributed by atoms with Crippen molar-refractivity contribution in [3.63, 3.8) is 0 Å². The Kier molecular flexibility index (Phi) is 4.13. The molecule has 1 fully saturated rings. The minimum Gasteiger partial charge on any atom is -0.478 e. The fraction of sp³-hybridized carbons (Fsp3) is 0.647. The van der Waals surface area contributed by atoms with Crippen LogP contribution in [0.3, 0.4) is 0 Å². The van der Waals surface area contributed by atoms with Crippen molar-refractivity contribution in [3.8, 4) is 0 Å². The molecular formula is C17H24N2O2. The number of nitrogens with zero attached hydrogens (tertiary/aromatic N) is 1. The van der Waals surface area contributed by atoms with Crippen LogP contribution in [0.5, 0.6) is 0 Å². The summed E-state index contributed by atoms with van der Waals surface area (Å²) in [5.41, 5.74) is 2.56. The first kappa shape index (κ1) is 14.4. The fourth-order valence-corrected chi connectivity index (χ4v) is 3.61. The van der Waals surface area contributed by atoms with Crippen molar-refractivity contribution < 1.29 is 9.90 Å². The van der Waals surface area contributed by atoms with Crippen LogP contribution in [0, 0.1) is 5.92 Å². The van der Waals surface area contributed by atoms with E-state index in [-0.39, 0.29) is 0 Å². The summed E-state index contributed by atoms with van der Waals surface area (Å²) >= 11 is 0. The molecule has 2 aliphatic carbocycles. The van der Waals surface area contributed by atoms with E-state index in [9.17, 15) is 9.90 Å². The molecule has 114 valence electrons. The highest BCUT2D eigenvalue weighted by Gasteiger charge is 2.25. The quantitative estimate of drug-likeness (QED) is 0.891. The summed E-state index contributed by atoms with van der Waals surface area (Å²) in [5, 5.41) is 12.9. The van der Waals surface area contributed by atoms with Gasteiger partial charge in [-0.3, -0.25) is 0 Å². The van der Waals surface area contributed by atoms with Gasteiger partial charge in [0.05, 0.1) is 0 Å². The van der Waals surface area contributed by atoms with Gasteiger partial charge in [0, 0.05) is 11.7 Å². The van der Waals surface area contributed by atoms with Crippen LogP contribution in [-0.2, 0) is 12.8 Å². The zero-order valence-corrected chi connectivity index (χ0v) is 12.7. The summed E-state index contributed by atoms with van der Waals surface area (Å²) in [6.07, 6.45) is 9.06. The van der Waals surface area contributed by atoms with Crippen molar-refractivity contribution >= 4 is 11.8 Å². The first-order chi connectivity index (χ1) is 10.1. The molecule has 0 bridgehead atoms. The Morgan fingerprint density at radius 2 is 2.00 bits per heavy atom. The van der Waals surface area contributed by atoms with Crippen molar-refractivity contribution in [3.05, 3.63) is 22.9 Å². The lowest BCUT2D eigenvalue weighted by atomic mass is 9.86. The van der Waals surface area contributed by atoms with Crippen LogP contribution in [-0.4, -0.2) is 22.1 Å². The summed E-state index contributed by atoms with van der Waals surface area (Å²) in [5.74, 6) is 0.293. The second-order valence-electron chi connectivity index (χ2n) is 6.52. The normalized spacial score (nSPS) is 25.2. The van der Waals surface area contributed by atoms with E-state index in [2.05, 4.69) is 17.2 Å². The van der Waals surface area contributed by atoms with Gasteiger partial charge in [-0.2, -0.15) is 0 Å². The molecule has 0 aliphatic heterocycles. The Labute approximate surface area is 126 Å². The van der Waals surface area contributed by atoms with Crippen molar-refractivity contribution in [2.45, 2.75) is 64.3 Å². The van der Waals surface area contributed by atoms with E-state index in [1.54, 1.807) is 0 Å². The van der Waals surface area contributed by atoms with Crippen LogP contribution in [0.4, 0.5) is 5.82 Å². The number of hydrogen-bond donors (Lipinski definition) is 2. The van der Waals surface area contributed by atoms with Crippen molar-refractivity contribution in [1.29, 1.82) is 0 Å². The number of fused-ring (bicyclic) bond motifs is 1. The maximum absolute atomic E-state index is 11.6. The van der Waals surface area contributed by atoms with Crippen molar-refractivity contribution in [2.75, 3.05) is 5.32 Å². The Balaban J connectivity index is 1.90. The summed E-state index contributed by atoms with van der Waals surface area (Å²) in [4.78, 5) is 16.2. The van der Waals surface area contributed by atoms with E-state index >= 15 is 0 Å². The van der Waals surface area contributed by atoms with Gasteiger partial charge in [0.25, 0.3) is 0 Å². The number of nitrogens with one attached hydrogen (secondary N) is 1. The molecule has 4 nitrogen and oxygen atoms in total. The second kappa shape index (κ2) is 6.04. The number of carbonyl (C=O) groups is 1. The Hall–Kier alpha value is -1.58. The van der Waals surface area contributed by atoms with Crippen LogP contribution in [0.1, 0.15) is 67.1 Å². The molecule has 2 N–H and O–H groups in total. The largest absolute Gasteiger partial charge is 0.478 e. The van der Waals surface area contributed by atoms with Gasteiger partial charge < -0.3 is 10.4 Å². The monoisotopic (exact) mass is 288 g/mol. The summed E-state index contributed by atoms with van der Waals surface area (Å²) in [6, 6.07) is 2.20. The molecule has 1 aromatic rings. The highest BCUT2D eigenvalue weighted by atomic mass is 16.4. The number of aromatic carboxylic acids is 1. The zero-order chi connectivity index (χ0) is 14.8. The Morgan fingerprint density at radius 1 is 1.24 bits per heavy atom. The van der Waals surface area contributed by atoms with Crippen molar-refractivity contribution in [2.24, 2.45) is 5.92 Å². The third kappa shape index (κ3) is 3.04. The zero-order valence-electron chi connectivity index (χ0n) is 12.7. The average molecular weight is 288 g/mol. The van der Waals surface area contributed by atoms with Gasteiger partial charge in [0.2, 0.25) is 0 Å². The van der Waals surface area contributed by atoms with Gasteiger partial charge in [-0.25, -0.2) is 9.78 Å². The van der Waals surface area contributed by atoms with Crippen LogP contribution in [0.25, 0.3) is 0 Å². The second-order valence-corrected chi connectivity index (χ2v) is 6.52. The minimum absolute atomic E-state index is 0.341. The fourth-order valence-electron chi connectivity index (χ4n) is 3.61. The lowest BCUT2D eigenvalue weighted by molar-refractivity contribution is 0.0697. The molecule has 0 aromatic carbocycles. The predicted molar refractivity (Wildman–Crippen MR) is 82.9 cm³/mol. The van der Waals surface area contributed by atoms with Gasteiger partial charge in [-0.05, 0) is 56.1 Å². The third-order valence-electron chi connectivity index (χ3n) is 4.96. The summed E-state index contributed by atoms with van der Waals surface area (Å²) in [7, 11) is 0.